The maximum atomic E-state index is 12.8. The fourth-order valence-electron chi connectivity index (χ4n) is 3.25. The number of amides is 1. The van der Waals surface area contributed by atoms with Crippen molar-refractivity contribution >= 4 is 17.2 Å². The van der Waals surface area contributed by atoms with Gasteiger partial charge in [-0.1, -0.05) is 13.8 Å². The van der Waals surface area contributed by atoms with Gasteiger partial charge in [0.2, 0.25) is 0 Å². The van der Waals surface area contributed by atoms with Crippen LogP contribution in [0.1, 0.15) is 47.5 Å². The summed E-state index contributed by atoms with van der Waals surface area (Å²) in [5.41, 5.74) is 1.67. The number of carbonyl (C=O) groups excluding carboxylic acids is 1. The Kier molecular flexibility index (Phi) is 5.30. The van der Waals surface area contributed by atoms with Gasteiger partial charge >= 0.3 is 0 Å². The molecule has 1 aliphatic heterocycles. The molecular formula is C17H25N5OS. The standard InChI is InChI=1S/C17H25N5OS/c1-4-20(5-2)9-7-15-11-21(10-14-6-8-18-22(14)15)17(23)16-12-24-13(3)19-16/h6,8,12,15H,4-5,7,9-11H2,1-3H3/t15-/m1/s1. The molecule has 0 radical (unpaired) electrons. The van der Waals surface area contributed by atoms with Crippen molar-refractivity contribution in [3.63, 3.8) is 0 Å². The van der Waals surface area contributed by atoms with Crippen LogP contribution in [0.4, 0.5) is 0 Å². The SMILES string of the molecule is CCN(CC)CC[C@@H]1CN(C(=O)c2csc(C)n2)Cc2ccnn21. The van der Waals surface area contributed by atoms with Crippen LogP contribution in [0, 0.1) is 6.92 Å². The predicted octanol–water partition coefficient (Wildman–Crippen LogP) is 2.58. The van der Waals surface area contributed by atoms with Crippen molar-refractivity contribution < 1.29 is 4.79 Å². The van der Waals surface area contributed by atoms with Crippen LogP contribution in [-0.2, 0) is 6.54 Å². The van der Waals surface area contributed by atoms with E-state index in [1.54, 1.807) is 0 Å². The minimum absolute atomic E-state index is 0.0274. The van der Waals surface area contributed by atoms with Crippen molar-refractivity contribution in [1.29, 1.82) is 0 Å². The van der Waals surface area contributed by atoms with E-state index in [0.717, 1.165) is 36.8 Å². The molecule has 0 bridgehead atoms. The number of aryl methyl sites for hydroxylation is 1. The lowest BCUT2D eigenvalue weighted by Gasteiger charge is -2.34. The third kappa shape index (κ3) is 3.52. The number of nitrogens with zero attached hydrogens (tertiary/aromatic N) is 5. The minimum atomic E-state index is 0.0274. The number of hydrogen-bond donors (Lipinski definition) is 0. The van der Waals surface area contributed by atoms with Crippen LogP contribution >= 0.6 is 11.3 Å². The van der Waals surface area contributed by atoms with Crippen molar-refractivity contribution in [1.82, 2.24) is 24.6 Å². The molecule has 2 aromatic rings. The van der Waals surface area contributed by atoms with Gasteiger partial charge in [0.1, 0.15) is 5.69 Å². The molecule has 2 aromatic heterocycles. The molecule has 6 nitrogen and oxygen atoms in total. The fourth-order valence-corrected chi connectivity index (χ4v) is 3.84. The first-order valence-electron chi connectivity index (χ1n) is 8.58. The predicted molar refractivity (Wildman–Crippen MR) is 95.3 cm³/mol. The summed E-state index contributed by atoms with van der Waals surface area (Å²) < 4.78 is 2.10. The zero-order valence-corrected chi connectivity index (χ0v) is 15.4. The summed E-state index contributed by atoms with van der Waals surface area (Å²) in [6.45, 7) is 10.7. The van der Waals surface area contributed by atoms with Gasteiger partial charge in [0.25, 0.3) is 5.91 Å². The molecule has 1 atom stereocenters. The van der Waals surface area contributed by atoms with E-state index in [1.165, 1.54) is 11.3 Å². The van der Waals surface area contributed by atoms with Crippen molar-refractivity contribution in [2.24, 2.45) is 0 Å². The Hall–Kier alpha value is -1.73. The normalized spacial score (nSPS) is 17.3. The Bertz CT molecular complexity index is 691. The summed E-state index contributed by atoms with van der Waals surface area (Å²) in [5, 5.41) is 7.27. The fraction of sp³-hybridized carbons (Fsp3) is 0.588. The molecule has 0 spiro atoms. The molecule has 3 rings (SSSR count). The van der Waals surface area contributed by atoms with Gasteiger partial charge in [-0.25, -0.2) is 4.98 Å². The summed E-state index contributed by atoms with van der Waals surface area (Å²) in [6.07, 6.45) is 2.83. The van der Waals surface area contributed by atoms with Gasteiger partial charge < -0.3 is 9.80 Å². The van der Waals surface area contributed by atoms with E-state index in [9.17, 15) is 4.79 Å². The topological polar surface area (TPSA) is 54.3 Å². The van der Waals surface area contributed by atoms with Crippen LogP contribution in [0.2, 0.25) is 0 Å². The third-order valence-electron chi connectivity index (χ3n) is 4.68. The lowest BCUT2D eigenvalue weighted by molar-refractivity contribution is 0.0652. The van der Waals surface area contributed by atoms with Crippen molar-refractivity contribution in [3.05, 3.63) is 34.0 Å². The first-order valence-corrected chi connectivity index (χ1v) is 9.46. The Labute approximate surface area is 147 Å². The molecular weight excluding hydrogens is 322 g/mol. The first-order chi connectivity index (χ1) is 11.6. The molecule has 1 amide bonds. The highest BCUT2D eigenvalue weighted by atomic mass is 32.1. The quantitative estimate of drug-likeness (QED) is 0.806. The molecule has 0 unspecified atom stereocenters. The number of carbonyl (C=O) groups is 1. The molecule has 24 heavy (non-hydrogen) atoms. The van der Waals surface area contributed by atoms with Gasteiger partial charge in [0.15, 0.2) is 0 Å². The second kappa shape index (κ2) is 7.44. The van der Waals surface area contributed by atoms with Crippen molar-refractivity contribution in [3.8, 4) is 0 Å². The van der Waals surface area contributed by atoms with Crippen LogP contribution in [0.3, 0.4) is 0 Å². The van der Waals surface area contributed by atoms with E-state index in [2.05, 4.69) is 33.5 Å². The smallest absolute Gasteiger partial charge is 0.273 e. The summed E-state index contributed by atoms with van der Waals surface area (Å²) in [6, 6.07) is 2.24. The average Bonchev–Trinajstić information content (AvgIpc) is 3.23. The summed E-state index contributed by atoms with van der Waals surface area (Å²) in [7, 11) is 0. The molecule has 7 heteroatoms. The zero-order valence-electron chi connectivity index (χ0n) is 14.6. The van der Waals surface area contributed by atoms with Gasteiger partial charge in [-0.2, -0.15) is 5.10 Å². The van der Waals surface area contributed by atoms with Gasteiger partial charge in [-0.3, -0.25) is 9.48 Å². The second-order valence-corrected chi connectivity index (χ2v) is 7.24. The Morgan fingerprint density at radius 2 is 2.21 bits per heavy atom. The second-order valence-electron chi connectivity index (χ2n) is 6.17. The van der Waals surface area contributed by atoms with E-state index in [0.29, 0.717) is 18.8 Å². The van der Waals surface area contributed by atoms with Gasteiger partial charge in [-0.15, -0.1) is 11.3 Å². The van der Waals surface area contributed by atoms with Crippen LogP contribution in [-0.4, -0.2) is 56.7 Å². The maximum absolute atomic E-state index is 12.8. The summed E-state index contributed by atoms with van der Waals surface area (Å²) in [4.78, 5) is 21.4. The van der Waals surface area contributed by atoms with Crippen molar-refractivity contribution in [2.45, 2.75) is 39.8 Å². The number of hydrogen-bond acceptors (Lipinski definition) is 5. The molecule has 0 saturated carbocycles. The molecule has 130 valence electrons. The molecule has 0 N–H and O–H groups in total. The largest absolute Gasteiger partial charge is 0.329 e. The summed E-state index contributed by atoms with van der Waals surface area (Å²) >= 11 is 1.52. The Balaban J connectivity index is 1.74. The van der Waals surface area contributed by atoms with E-state index in [-0.39, 0.29) is 11.9 Å². The Morgan fingerprint density at radius 3 is 2.88 bits per heavy atom. The lowest BCUT2D eigenvalue weighted by atomic mass is 10.1. The van der Waals surface area contributed by atoms with Crippen LogP contribution in [0.5, 0.6) is 0 Å². The van der Waals surface area contributed by atoms with Crippen LogP contribution < -0.4 is 0 Å². The highest BCUT2D eigenvalue weighted by molar-refractivity contribution is 7.09. The highest BCUT2D eigenvalue weighted by Gasteiger charge is 2.29. The minimum Gasteiger partial charge on any atom is -0.329 e. The molecule has 0 aliphatic carbocycles. The van der Waals surface area contributed by atoms with Crippen LogP contribution in [0.25, 0.3) is 0 Å². The monoisotopic (exact) mass is 347 g/mol. The number of aromatic nitrogens is 3. The number of rotatable bonds is 6. The van der Waals surface area contributed by atoms with E-state index in [1.807, 2.05) is 29.5 Å². The van der Waals surface area contributed by atoms with Crippen LogP contribution in [0.15, 0.2) is 17.6 Å². The van der Waals surface area contributed by atoms with Gasteiger partial charge in [0, 0.05) is 24.7 Å². The van der Waals surface area contributed by atoms with Gasteiger partial charge in [0.05, 0.1) is 23.3 Å². The number of fused-ring (bicyclic) bond motifs is 1. The molecule has 3 heterocycles. The van der Waals surface area contributed by atoms with E-state index >= 15 is 0 Å². The zero-order chi connectivity index (χ0) is 17.1. The number of thiazole rings is 1. The Morgan fingerprint density at radius 1 is 1.42 bits per heavy atom. The average molecular weight is 347 g/mol. The molecule has 0 fully saturated rings. The first kappa shape index (κ1) is 17.1. The van der Waals surface area contributed by atoms with Crippen molar-refractivity contribution in [2.75, 3.05) is 26.2 Å². The van der Waals surface area contributed by atoms with Gasteiger partial charge in [-0.05, 0) is 32.5 Å². The maximum Gasteiger partial charge on any atom is 0.273 e. The molecule has 1 aliphatic rings. The highest BCUT2D eigenvalue weighted by Crippen LogP contribution is 2.25. The lowest BCUT2D eigenvalue weighted by Crippen LogP contribution is -2.42. The third-order valence-corrected chi connectivity index (χ3v) is 5.45. The summed E-state index contributed by atoms with van der Waals surface area (Å²) in [5.74, 6) is 0.0274. The molecule has 0 saturated heterocycles. The molecule has 0 aromatic carbocycles. The van der Waals surface area contributed by atoms with E-state index in [4.69, 9.17) is 0 Å². The van der Waals surface area contributed by atoms with E-state index < -0.39 is 0 Å².